The lowest BCUT2D eigenvalue weighted by molar-refractivity contribution is -0.137. The molecule has 0 saturated carbocycles. The quantitative estimate of drug-likeness (QED) is 0.441. The Kier molecular flexibility index (Phi) is 4.84. The van der Waals surface area contributed by atoms with E-state index in [1.165, 1.54) is 12.1 Å². The molecule has 1 amide bonds. The van der Waals surface area contributed by atoms with Crippen LogP contribution in [0.5, 0.6) is 0 Å². The summed E-state index contributed by atoms with van der Waals surface area (Å²) in [4.78, 5) is 12.2. The first-order valence-corrected chi connectivity index (χ1v) is 8.93. The molecule has 0 spiro atoms. The van der Waals surface area contributed by atoms with Gasteiger partial charge in [-0.1, -0.05) is 36.4 Å². The van der Waals surface area contributed by atoms with E-state index in [0.29, 0.717) is 17.0 Å². The zero-order valence-corrected chi connectivity index (χ0v) is 15.2. The van der Waals surface area contributed by atoms with Crippen LogP contribution in [0.4, 0.5) is 18.9 Å². The molecule has 0 aliphatic rings. The molecule has 3 aromatic carbocycles. The largest absolute Gasteiger partial charge is 0.456 e. The lowest BCUT2D eigenvalue weighted by atomic mass is 10.1. The van der Waals surface area contributed by atoms with Gasteiger partial charge in [0.15, 0.2) is 0 Å². The zero-order valence-electron chi connectivity index (χ0n) is 15.2. The van der Waals surface area contributed by atoms with Crippen molar-refractivity contribution in [2.75, 3.05) is 5.32 Å². The average molecular weight is 395 g/mol. The molecule has 0 fully saturated rings. The number of furan rings is 1. The Labute approximate surface area is 164 Å². The van der Waals surface area contributed by atoms with Crippen LogP contribution in [0.1, 0.15) is 11.1 Å². The van der Waals surface area contributed by atoms with E-state index in [2.05, 4.69) is 5.32 Å². The maximum Gasteiger partial charge on any atom is 0.416 e. The number of rotatable bonds is 4. The van der Waals surface area contributed by atoms with Gasteiger partial charge in [-0.3, -0.25) is 4.79 Å². The number of fused-ring (bicyclic) bond motifs is 1. The normalized spacial score (nSPS) is 11.6. The zero-order chi connectivity index (χ0) is 20.4. The van der Waals surface area contributed by atoms with Crippen molar-refractivity contribution in [3.05, 3.63) is 90.0 Å². The third-order valence-corrected chi connectivity index (χ3v) is 4.50. The summed E-state index contributed by atoms with van der Waals surface area (Å²) in [5.74, 6) is 0.328. The van der Waals surface area contributed by atoms with Gasteiger partial charge in [0.1, 0.15) is 11.3 Å². The molecule has 29 heavy (non-hydrogen) atoms. The Hall–Kier alpha value is -3.54. The molecule has 0 aliphatic carbocycles. The number of carbonyl (C=O) groups excluding carboxylic acids is 1. The maximum atomic E-state index is 12.8. The van der Waals surface area contributed by atoms with Crippen molar-refractivity contribution in [1.82, 2.24) is 0 Å². The third-order valence-electron chi connectivity index (χ3n) is 4.50. The molecule has 0 unspecified atom stereocenters. The summed E-state index contributed by atoms with van der Waals surface area (Å²) in [6, 6.07) is 21.5. The Balaban J connectivity index is 1.44. The van der Waals surface area contributed by atoms with Gasteiger partial charge >= 0.3 is 6.18 Å². The molecule has 4 aromatic rings. The van der Waals surface area contributed by atoms with Crippen molar-refractivity contribution in [3.8, 4) is 11.3 Å². The van der Waals surface area contributed by atoms with Crippen molar-refractivity contribution in [3.63, 3.8) is 0 Å². The monoisotopic (exact) mass is 395 g/mol. The van der Waals surface area contributed by atoms with Gasteiger partial charge in [0.25, 0.3) is 0 Å². The molecule has 1 N–H and O–H groups in total. The van der Waals surface area contributed by atoms with Crippen LogP contribution in [-0.2, 0) is 17.4 Å². The van der Waals surface area contributed by atoms with Gasteiger partial charge in [-0.25, -0.2) is 0 Å². The fourth-order valence-electron chi connectivity index (χ4n) is 3.09. The Bertz CT molecular complexity index is 1130. The molecule has 0 aliphatic heterocycles. The summed E-state index contributed by atoms with van der Waals surface area (Å²) in [7, 11) is 0. The van der Waals surface area contributed by atoms with Crippen molar-refractivity contribution in [1.29, 1.82) is 0 Å². The average Bonchev–Trinajstić information content (AvgIpc) is 3.12. The minimum Gasteiger partial charge on any atom is -0.456 e. The lowest BCUT2D eigenvalue weighted by Gasteiger charge is -2.09. The molecule has 6 heteroatoms. The van der Waals surface area contributed by atoms with Gasteiger partial charge < -0.3 is 9.73 Å². The van der Waals surface area contributed by atoms with Crippen LogP contribution >= 0.6 is 0 Å². The SMILES string of the molecule is O=C(Cc1cccc(C(F)(F)F)c1)Nc1ccc(-c2cc3ccccc3o2)cc1. The number of alkyl halides is 3. The highest BCUT2D eigenvalue weighted by molar-refractivity contribution is 5.92. The summed E-state index contributed by atoms with van der Waals surface area (Å²) in [6.07, 6.45) is -4.58. The van der Waals surface area contributed by atoms with Crippen molar-refractivity contribution in [2.45, 2.75) is 12.6 Å². The minimum absolute atomic E-state index is 0.144. The third kappa shape index (κ3) is 4.32. The van der Waals surface area contributed by atoms with Gasteiger partial charge in [-0.15, -0.1) is 0 Å². The van der Waals surface area contributed by atoms with E-state index in [9.17, 15) is 18.0 Å². The molecular formula is C23H16F3NO2. The smallest absolute Gasteiger partial charge is 0.416 e. The van der Waals surface area contributed by atoms with Crippen molar-refractivity contribution in [2.24, 2.45) is 0 Å². The van der Waals surface area contributed by atoms with Crippen molar-refractivity contribution < 1.29 is 22.4 Å². The van der Waals surface area contributed by atoms with E-state index in [1.54, 1.807) is 12.1 Å². The number of amides is 1. The van der Waals surface area contributed by atoms with Crippen LogP contribution in [0.15, 0.2) is 83.3 Å². The summed E-state index contributed by atoms with van der Waals surface area (Å²) in [5.41, 5.74) is 1.74. The van der Waals surface area contributed by atoms with Gasteiger partial charge in [-0.2, -0.15) is 13.2 Å². The van der Waals surface area contributed by atoms with Crippen molar-refractivity contribution >= 4 is 22.6 Å². The van der Waals surface area contributed by atoms with Crippen LogP contribution in [0.25, 0.3) is 22.3 Å². The van der Waals surface area contributed by atoms with Gasteiger partial charge in [0.05, 0.1) is 12.0 Å². The number of para-hydroxylation sites is 1. The van der Waals surface area contributed by atoms with E-state index in [1.807, 2.05) is 42.5 Å². The number of hydrogen-bond donors (Lipinski definition) is 1. The molecule has 0 bridgehead atoms. The van der Waals surface area contributed by atoms with Crippen LogP contribution in [-0.4, -0.2) is 5.91 Å². The van der Waals surface area contributed by atoms with E-state index in [0.717, 1.165) is 28.7 Å². The minimum atomic E-state index is -4.43. The molecule has 0 radical (unpaired) electrons. The van der Waals surface area contributed by atoms with Crippen LogP contribution in [0.2, 0.25) is 0 Å². The Morgan fingerprint density at radius 2 is 1.66 bits per heavy atom. The summed E-state index contributed by atoms with van der Waals surface area (Å²) < 4.78 is 44.2. The highest BCUT2D eigenvalue weighted by Crippen LogP contribution is 2.30. The lowest BCUT2D eigenvalue weighted by Crippen LogP contribution is -2.15. The number of nitrogens with one attached hydrogen (secondary N) is 1. The maximum absolute atomic E-state index is 12.8. The van der Waals surface area contributed by atoms with Gasteiger partial charge in [0, 0.05) is 16.6 Å². The van der Waals surface area contributed by atoms with E-state index in [-0.39, 0.29) is 12.3 Å². The van der Waals surface area contributed by atoms with E-state index < -0.39 is 11.7 Å². The Morgan fingerprint density at radius 1 is 0.897 bits per heavy atom. The molecular weight excluding hydrogens is 379 g/mol. The van der Waals surface area contributed by atoms with E-state index in [4.69, 9.17) is 4.42 Å². The first kappa shape index (κ1) is 18.8. The number of benzene rings is 3. The van der Waals surface area contributed by atoms with Crippen LogP contribution in [0, 0.1) is 0 Å². The molecule has 3 nitrogen and oxygen atoms in total. The molecule has 1 aromatic heterocycles. The first-order chi connectivity index (χ1) is 13.9. The number of hydrogen-bond acceptors (Lipinski definition) is 2. The fraction of sp³-hybridized carbons (Fsp3) is 0.0870. The molecule has 0 saturated heterocycles. The molecule has 0 atom stereocenters. The van der Waals surface area contributed by atoms with Gasteiger partial charge in [-0.05, 0) is 48.0 Å². The number of halogens is 3. The van der Waals surface area contributed by atoms with Gasteiger partial charge in [0.2, 0.25) is 5.91 Å². The second-order valence-electron chi connectivity index (χ2n) is 6.65. The number of carbonyl (C=O) groups is 1. The standard InChI is InChI=1S/C23H16F3NO2/c24-23(25,26)18-6-3-4-15(12-18)13-22(28)27-19-10-8-16(9-11-19)21-14-17-5-1-2-7-20(17)29-21/h1-12,14H,13H2,(H,27,28). The molecule has 4 rings (SSSR count). The second-order valence-corrected chi connectivity index (χ2v) is 6.65. The highest BCUT2D eigenvalue weighted by atomic mass is 19.4. The summed E-state index contributed by atoms with van der Waals surface area (Å²) >= 11 is 0. The van der Waals surface area contributed by atoms with Crippen LogP contribution in [0.3, 0.4) is 0 Å². The predicted molar refractivity (Wildman–Crippen MR) is 105 cm³/mol. The predicted octanol–water partition coefficient (Wildman–Crippen LogP) is 6.30. The van der Waals surface area contributed by atoms with E-state index >= 15 is 0 Å². The number of anilines is 1. The fourth-order valence-corrected chi connectivity index (χ4v) is 3.09. The summed E-state index contributed by atoms with van der Waals surface area (Å²) in [6.45, 7) is 0. The molecule has 146 valence electrons. The Morgan fingerprint density at radius 3 is 2.38 bits per heavy atom. The first-order valence-electron chi connectivity index (χ1n) is 8.93. The van der Waals surface area contributed by atoms with Crippen LogP contribution < -0.4 is 5.32 Å². The summed E-state index contributed by atoms with van der Waals surface area (Å²) in [5, 5.41) is 3.70. The molecule has 1 heterocycles. The second kappa shape index (κ2) is 7.47. The highest BCUT2D eigenvalue weighted by Gasteiger charge is 2.30. The topological polar surface area (TPSA) is 42.2 Å².